The molecule has 0 unspecified atom stereocenters. The van der Waals surface area contributed by atoms with Crippen molar-refractivity contribution in [2.75, 3.05) is 18.4 Å². The van der Waals surface area contributed by atoms with Gasteiger partial charge in [-0.2, -0.15) is 18.9 Å². The van der Waals surface area contributed by atoms with Crippen LogP contribution in [0.25, 0.3) is 16.8 Å². The number of rotatable bonds is 6. The lowest BCUT2D eigenvalue weighted by atomic mass is 9.93. The van der Waals surface area contributed by atoms with Crippen molar-refractivity contribution < 1.29 is 13.9 Å². The maximum atomic E-state index is 12.7. The van der Waals surface area contributed by atoms with Crippen LogP contribution in [0.1, 0.15) is 31.9 Å². The van der Waals surface area contributed by atoms with Crippen molar-refractivity contribution in [1.29, 1.82) is 0 Å². The summed E-state index contributed by atoms with van der Waals surface area (Å²) in [5.74, 6) is 0.300. The van der Waals surface area contributed by atoms with Crippen LogP contribution in [0, 0.1) is 0 Å². The van der Waals surface area contributed by atoms with Crippen molar-refractivity contribution in [3.05, 3.63) is 60.6 Å². The number of halogens is 2. The zero-order valence-electron chi connectivity index (χ0n) is 18.2. The van der Waals surface area contributed by atoms with Gasteiger partial charge in [0.25, 0.3) is 0 Å². The molecule has 4 aromatic rings. The maximum Gasteiger partial charge on any atom is 0.333 e. The van der Waals surface area contributed by atoms with Gasteiger partial charge in [-0.1, -0.05) is 24.3 Å². The van der Waals surface area contributed by atoms with E-state index in [1.54, 1.807) is 10.7 Å². The van der Waals surface area contributed by atoms with Crippen LogP contribution in [-0.4, -0.2) is 53.1 Å². The van der Waals surface area contributed by atoms with Gasteiger partial charge in [0.05, 0.1) is 23.7 Å². The lowest BCUT2D eigenvalue weighted by Crippen LogP contribution is -2.41. The molecule has 0 aliphatic carbocycles. The summed E-state index contributed by atoms with van der Waals surface area (Å²) in [6.45, 7) is 1.83. The Bertz CT molecular complexity index is 1240. The van der Waals surface area contributed by atoms with Crippen molar-refractivity contribution >= 4 is 17.3 Å². The second kappa shape index (κ2) is 8.53. The van der Waals surface area contributed by atoms with Crippen LogP contribution in [0.2, 0.25) is 0 Å². The molecule has 1 aliphatic rings. The smallest absolute Gasteiger partial charge is 0.333 e. The van der Waals surface area contributed by atoms with E-state index in [1.807, 2.05) is 19.1 Å². The minimum atomic E-state index is -2.70. The molecule has 172 valence electrons. The summed E-state index contributed by atoms with van der Waals surface area (Å²) in [4.78, 5) is 6.91. The normalized spacial score (nSPS) is 16.5. The third kappa shape index (κ3) is 4.71. The van der Waals surface area contributed by atoms with Crippen LogP contribution >= 0.6 is 0 Å². The minimum Gasteiger partial charge on any atom is -0.390 e. The van der Waals surface area contributed by atoms with Crippen molar-refractivity contribution in [3.8, 4) is 11.1 Å². The van der Waals surface area contributed by atoms with E-state index in [2.05, 4.69) is 49.7 Å². The van der Waals surface area contributed by atoms with Gasteiger partial charge in [0.15, 0.2) is 5.65 Å². The highest BCUT2D eigenvalue weighted by Gasteiger charge is 2.27. The lowest BCUT2D eigenvalue weighted by Gasteiger charge is -2.35. The molecule has 0 spiro atoms. The number of hydrogen-bond acceptors (Lipinski definition) is 6. The standard InChI is InChI=1S/C23H25F2N7O/c1-23(33)8-11-30(12-9-23)14-16-4-6-17(7-5-16)19-3-2-10-31-20(19)28-22(29-31)27-18-13-26-32(15-18)21(24)25/h2-7,10,13,15,21,33H,8-9,11-12,14H2,1H3,(H,27,29). The first kappa shape index (κ1) is 21.5. The number of nitrogens with zero attached hydrogens (tertiary/aromatic N) is 6. The molecule has 33 heavy (non-hydrogen) atoms. The van der Waals surface area contributed by atoms with Crippen LogP contribution in [-0.2, 0) is 6.54 Å². The number of fused-ring (bicyclic) bond motifs is 1. The molecule has 1 aromatic carbocycles. The number of likely N-dealkylation sites (tertiary alicyclic amines) is 1. The fraction of sp³-hybridized carbons (Fsp3) is 0.348. The topological polar surface area (TPSA) is 83.5 Å². The summed E-state index contributed by atoms with van der Waals surface area (Å²) in [5.41, 5.74) is 3.64. The largest absolute Gasteiger partial charge is 0.390 e. The number of pyridine rings is 1. The molecule has 3 aromatic heterocycles. The molecular formula is C23H25F2N7O. The summed E-state index contributed by atoms with van der Waals surface area (Å²) < 4.78 is 27.7. The zero-order chi connectivity index (χ0) is 23.0. The van der Waals surface area contributed by atoms with E-state index in [0.717, 1.165) is 43.6 Å². The van der Waals surface area contributed by atoms with Crippen LogP contribution in [0.5, 0.6) is 0 Å². The first-order valence-electron chi connectivity index (χ1n) is 10.9. The van der Waals surface area contributed by atoms with Gasteiger partial charge in [-0.05, 0) is 43.0 Å². The van der Waals surface area contributed by atoms with E-state index in [-0.39, 0.29) is 0 Å². The number of piperidine rings is 1. The second-order valence-electron chi connectivity index (χ2n) is 8.71. The van der Waals surface area contributed by atoms with Crippen molar-refractivity contribution in [2.45, 2.75) is 38.5 Å². The molecule has 0 bridgehead atoms. The Balaban J connectivity index is 1.33. The predicted octanol–water partition coefficient (Wildman–Crippen LogP) is 4.08. The summed E-state index contributed by atoms with van der Waals surface area (Å²) in [6, 6.07) is 12.2. The van der Waals surface area contributed by atoms with Gasteiger partial charge in [-0.15, -0.1) is 5.10 Å². The second-order valence-corrected chi connectivity index (χ2v) is 8.71. The molecule has 1 aliphatic heterocycles. The minimum absolute atomic E-state index is 0.300. The Hall–Kier alpha value is -3.37. The molecule has 8 nitrogen and oxygen atoms in total. The Morgan fingerprint density at radius 3 is 2.61 bits per heavy atom. The van der Waals surface area contributed by atoms with Gasteiger partial charge in [0.1, 0.15) is 0 Å². The van der Waals surface area contributed by atoms with E-state index in [9.17, 15) is 13.9 Å². The van der Waals surface area contributed by atoms with Crippen molar-refractivity contribution in [2.24, 2.45) is 0 Å². The Labute approximate surface area is 189 Å². The summed E-state index contributed by atoms with van der Waals surface area (Å²) >= 11 is 0. The van der Waals surface area contributed by atoms with Gasteiger partial charge in [-0.25, -0.2) is 9.20 Å². The average molecular weight is 453 g/mol. The van der Waals surface area contributed by atoms with E-state index in [0.29, 0.717) is 22.0 Å². The molecule has 1 fully saturated rings. The molecule has 4 heterocycles. The first-order chi connectivity index (χ1) is 15.9. The van der Waals surface area contributed by atoms with E-state index >= 15 is 0 Å². The number of benzene rings is 1. The number of aromatic nitrogens is 5. The summed E-state index contributed by atoms with van der Waals surface area (Å²) in [6.07, 6.45) is 5.89. The summed E-state index contributed by atoms with van der Waals surface area (Å²) in [5, 5.41) is 21.1. The fourth-order valence-corrected chi connectivity index (χ4v) is 4.06. The lowest BCUT2D eigenvalue weighted by molar-refractivity contribution is -0.00730. The number of nitrogens with one attached hydrogen (secondary N) is 1. The SMILES string of the molecule is CC1(O)CCN(Cc2ccc(-c3cccn4nc(Nc5cnn(C(F)F)c5)nc34)cc2)CC1. The quantitative estimate of drug-likeness (QED) is 0.458. The van der Waals surface area contributed by atoms with E-state index in [1.165, 1.54) is 18.0 Å². The highest BCUT2D eigenvalue weighted by molar-refractivity contribution is 5.78. The third-order valence-electron chi connectivity index (χ3n) is 6.02. The van der Waals surface area contributed by atoms with Gasteiger partial charge >= 0.3 is 6.55 Å². The highest BCUT2D eigenvalue weighted by atomic mass is 19.3. The number of hydrogen-bond donors (Lipinski definition) is 2. The monoisotopic (exact) mass is 453 g/mol. The van der Waals surface area contributed by atoms with Crippen LogP contribution < -0.4 is 5.32 Å². The van der Waals surface area contributed by atoms with Crippen LogP contribution in [0.4, 0.5) is 20.4 Å². The Kier molecular flexibility index (Phi) is 5.55. The molecule has 5 rings (SSSR count). The molecule has 0 saturated carbocycles. The molecule has 0 atom stereocenters. The molecule has 1 saturated heterocycles. The van der Waals surface area contributed by atoms with Crippen molar-refractivity contribution in [3.63, 3.8) is 0 Å². The van der Waals surface area contributed by atoms with Gasteiger partial charge in [-0.3, -0.25) is 4.90 Å². The van der Waals surface area contributed by atoms with Crippen LogP contribution in [0.15, 0.2) is 55.0 Å². The molecule has 2 N–H and O–H groups in total. The molecule has 0 amide bonds. The van der Waals surface area contributed by atoms with E-state index in [4.69, 9.17) is 0 Å². The Morgan fingerprint density at radius 1 is 1.15 bits per heavy atom. The third-order valence-corrected chi connectivity index (χ3v) is 6.02. The predicted molar refractivity (Wildman–Crippen MR) is 120 cm³/mol. The van der Waals surface area contributed by atoms with Gasteiger partial charge in [0, 0.05) is 31.4 Å². The maximum absolute atomic E-state index is 12.7. The molecule has 10 heteroatoms. The fourth-order valence-electron chi connectivity index (χ4n) is 4.06. The zero-order valence-corrected chi connectivity index (χ0v) is 18.2. The average Bonchev–Trinajstić information content (AvgIpc) is 3.42. The summed E-state index contributed by atoms with van der Waals surface area (Å²) in [7, 11) is 0. The van der Waals surface area contributed by atoms with E-state index < -0.39 is 12.2 Å². The Morgan fingerprint density at radius 2 is 1.91 bits per heavy atom. The molecular weight excluding hydrogens is 428 g/mol. The number of alkyl halides is 2. The van der Waals surface area contributed by atoms with Crippen molar-refractivity contribution in [1.82, 2.24) is 29.3 Å². The van der Waals surface area contributed by atoms with Gasteiger partial charge < -0.3 is 10.4 Å². The highest BCUT2D eigenvalue weighted by Crippen LogP contribution is 2.27. The molecule has 0 radical (unpaired) electrons. The first-order valence-corrected chi connectivity index (χ1v) is 10.9. The van der Waals surface area contributed by atoms with Crippen LogP contribution in [0.3, 0.4) is 0 Å². The van der Waals surface area contributed by atoms with Gasteiger partial charge in [0.2, 0.25) is 5.95 Å². The number of anilines is 2. The number of aliphatic hydroxyl groups is 1.